The van der Waals surface area contributed by atoms with Crippen molar-refractivity contribution in [1.29, 1.82) is 0 Å². The van der Waals surface area contributed by atoms with Crippen LogP contribution in [0.2, 0.25) is 5.02 Å². The lowest BCUT2D eigenvalue weighted by molar-refractivity contribution is -0.136. The zero-order valence-corrected chi connectivity index (χ0v) is 28.5. The fraction of sp³-hybridized carbons (Fsp3) is 0.343. The monoisotopic (exact) mass is 679 g/mol. The van der Waals surface area contributed by atoms with Crippen LogP contribution < -0.4 is 35.2 Å². The van der Waals surface area contributed by atoms with Gasteiger partial charge >= 0.3 is 12.0 Å². The van der Waals surface area contributed by atoms with Gasteiger partial charge in [0.1, 0.15) is 19.0 Å². The van der Waals surface area contributed by atoms with Crippen LogP contribution >= 0.6 is 11.6 Å². The summed E-state index contributed by atoms with van der Waals surface area (Å²) >= 11 is 6.03. The summed E-state index contributed by atoms with van der Waals surface area (Å²) in [5.74, 6) is 0.794. The number of hydrazone groups is 1. The molecule has 1 aliphatic heterocycles. The molecule has 0 radical (unpaired) electrons. The molecule has 4 rings (SSSR count). The van der Waals surface area contributed by atoms with Crippen LogP contribution in [0.15, 0.2) is 77.0 Å². The van der Waals surface area contributed by atoms with Crippen LogP contribution in [0.5, 0.6) is 17.2 Å². The Morgan fingerprint density at radius 3 is 2.46 bits per heavy atom. The number of esters is 1. The number of ether oxygens (including phenoxy) is 4. The SMILES string of the molecule is CCOc1cc([C@@H]2NC(=O)NC(C)=C2C(=O)OC)ccc1OC[C@@H](O)N/N=C/c1ccc(N(CC)CC)cc1OCc1ccc(Cl)cc1. The van der Waals surface area contributed by atoms with Crippen LogP contribution in [0.4, 0.5) is 10.5 Å². The van der Waals surface area contributed by atoms with Gasteiger partial charge in [0.05, 0.1) is 31.5 Å². The van der Waals surface area contributed by atoms with Crippen molar-refractivity contribution in [3.05, 3.63) is 93.6 Å². The van der Waals surface area contributed by atoms with Crippen molar-refractivity contribution in [2.24, 2.45) is 5.10 Å². The molecule has 0 spiro atoms. The van der Waals surface area contributed by atoms with E-state index >= 15 is 0 Å². The standard InChI is InChI=1S/C35H42ClN5O7/c1-6-41(7-2)27-15-11-25(29(18-27)47-20-23-9-13-26(36)14-10-23)19-37-40-31(42)21-48-28-16-12-24(17-30(28)46-8-3)33-32(34(43)45-5)22(4)38-35(44)39-33/h9-19,31,33,40,42H,6-8,20-21H2,1-5H3,(H2,38,39,44)/b37-19+/t31-,33+/m1/s1. The van der Waals surface area contributed by atoms with E-state index in [4.69, 9.17) is 30.5 Å². The first-order chi connectivity index (χ1) is 23.2. The van der Waals surface area contributed by atoms with E-state index in [2.05, 4.69) is 39.9 Å². The Morgan fingerprint density at radius 1 is 1.02 bits per heavy atom. The number of halogens is 1. The highest BCUT2D eigenvalue weighted by atomic mass is 35.5. The summed E-state index contributed by atoms with van der Waals surface area (Å²) in [6.07, 6.45) is 0.415. The number of rotatable bonds is 16. The number of anilines is 1. The fourth-order valence-corrected chi connectivity index (χ4v) is 5.22. The van der Waals surface area contributed by atoms with E-state index < -0.39 is 24.3 Å². The Labute approximate surface area is 285 Å². The second-order valence-corrected chi connectivity index (χ2v) is 11.2. The number of hydrogen-bond donors (Lipinski definition) is 4. The van der Waals surface area contributed by atoms with Crippen molar-refractivity contribution in [1.82, 2.24) is 16.1 Å². The maximum atomic E-state index is 12.5. The molecule has 0 saturated carbocycles. The summed E-state index contributed by atoms with van der Waals surface area (Å²) in [6, 6.07) is 17.2. The van der Waals surface area contributed by atoms with Crippen LogP contribution in [-0.4, -0.2) is 63.0 Å². The zero-order valence-electron chi connectivity index (χ0n) is 27.7. The first-order valence-corrected chi connectivity index (χ1v) is 16.0. The largest absolute Gasteiger partial charge is 0.490 e. The quantitative estimate of drug-likeness (QED) is 0.0688. The number of aliphatic hydroxyl groups is 1. The maximum absolute atomic E-state index is 12.5. The first-order valence-electron chi connectivity index (χ1n) is 15.7. The van der Waals surface area contributed by atoms with Crippen molar-refractivity contribution in [2.75, 3.05) is 38.3 Å². The molecule has 3 aromatic carbocycles. The molecule has 0 aliphatic carbocycles. The van der Waals surface area contributed by atoms with Gasteiger partial charge in [0.15, 0.2) is 17.7 Å². The fourth-order valence-electron chi connectivity index (χ4n) is 5.10. The Hall–Kier alpha value is -4.94. The number of methoxy groups -OCH3 is 1. The number of nitrogens with zero attached hydrogens (tertiary/aromatic N) is 2. The maximum Gasteiger partial charge on any atom is 0.337 e. The highest BCUT2D eigenvalue weighted by molar-refractivity contribution is 6.30. The summed E-state index contributed by atoms with van der Waals surface area (Å²) in [5.41, 5.74) is 6.65. The molecule has 0 saturated heterocycles. The van der Waals surface area contributed by atoms with Gasteiger partial charge in [-0.2, -0.15) is 5.10 Å². The van der Waals surface area contributed by atoms with Crippen molar-refractivity contribution in [3.63, 3.8) is 0 Å². The normalized spacial score (nSPS) is 15.0. The zero-order chi connectivity index (χ0) is 34.6. The smallest absolute Gasteiger partial charge is 0.337 e. The molecular weight excluding hydrogens is 638 g/mol. The molecule has 0 aromatic heterocycles. The van der Waals surface area contributed by atoms with Gasteiger partial charge in [-0.05, 0) is 75.2 Å². The molecule has 12 nitrogen and oxygen atoms in total. The minimum Gasteiger partial charge on any atom is -0.490 e. The minimum absolute atomic E-state index is 0.159. The molecule has 4 N–H and O–H groups in total. The molecule has 13 heteroatoms. The molecule has 1 aliphatic rings. The number of carbonyl (C=O) groups is 2. The second-order valence-electron chi connectivity index (χ2n) is 10.7. The average Bonchev–Trinajstić information content (AvgIpc) is 3.08. The third-order valence-electron chi connectivity index (χ3n) is 7.53. The van der Waals surface area contributed by atoms with E-state index in [0.717, 1.165) is 29.9 Å². The molecule has 2 atom stereocenters. The molecule has 0 fully saturated rings. The van der Waals surface area contributed by atoms with Gasteiger partial charge in [0, 0.05) is 41.1 Å². The predicted molar refractivity (Wildman–Crippen MR) is 185 cm³/mol. The summed E-state index contributed by atoms with van der Waals surface area (Å²) in [6.45, 7) is 9.86. The number of benzene rings is 3. The average molecular weight is 680 g/mol. The molecule has 0 unspecified atom stereocenters. The highest BCUT2D eigenvalue weighted by Gasteiger charge is 2.32. The minimum atomic E-state index is -1.16. The van der Waals surface area contributed by atoms with Crippen molar-refractivity contribution < 1.29 is 33.6 Å². The van der Waals surface area contributed by atoms with E-state index in [1.807, 2.05) is 49.4 Å². The number of nitrogens with one attached hydrogen (secondary N) is 3. The summed E-state index contributed by atoms with van der Waals surface area (Å²) < 4.78 is 22.8. The molecule has 2 amide bonds. The molecular formula is C35H42ClN5O7. The van der Waals surface area contributed by atoms with Crippen LogP contribution in [-0.2, 0) is 16.1 Å². The number of urea groups is 1. The van der Waals surface area contributed by atoms with Crippen LogP contribution in [0.3, 0.4) is 0 Å². The van der Waals surface area contributed by atoms with E-state index in [-0.39, 0.29) is 12.2 Å². The summed E-state index contributed by atoms with van der Waals surface area (Å²) in [5, 5.41) is 20.9. The number of carbonyl (C=O) groups excluding carboxylic acids is 2. The van der Waals surface area contributed by atoms with Gasteiger partial charge in [0.2, 0.25) is 0 Å². The van der Waals surface area contributed by atoms with Gasteiger partial charge in [-0.25, -0.2) is 9.59 Å². The topological polar surface area (TPSA) is 143 Å². The van der Waals surface area contributed by atoms with Gasteiger partial charge in [-0.1, -0.05) is 29.8 Å². The van der Waals surface area contributed by atoms with E-state index in [9.17, 15) is 14.7 Å². The summed E-state index contributed by atoms with van der Waals surface area (Å²) in [4.78, 5) is 26.9. The molecule has 256 valence electrons. The van der Waals surface area contributed by atoms with Gasteiger partial charge < -0.3 is 39.6 Å². The number of amides is 2. The Bertz CT molecular complexity index is 1630. The molecule has 1 heterocycles. The highest BCUT2D eigenvalue weighted by Crippen LogP contribution is 2.35. The van der Waals surface area contributed by atoms with Crippen molar-refractivity contribution in [2.45, 2.75) is 46.6 Å². The van der Waals surface area contributed by atoms with E-state index in [1.165, 1.54) is 7.11 Å². The lowest BCUT2D eigenvalue weighted by Gasteiger charge is -2.28. The predicted octanol–water partition coefficient (Wildman–Crippen LogP) is 5.29. The molecule has 0 bridgehead atoms. The third-order valence-corrected chi connectivity index (χ3v) is 7.78. The van der Waals surface area contributed by atoms with Crippen LogP contribution in [0.1, 0.15) is 50.4 Å². The summed E-state index contributed by atoms with van der Waals surface area (Å²) in [7, 11) is 1.28. The molecule has 3 aromatic rings. The second kappa shape index (κ2) is 17.3. The Balaban J connectivity index is 1.44. The lowest BCUT2D eigenvalue weighted by atomic mass is 9.95. The van der Waals surface area contributed by atoms with Crippen molar-refractivity contribution in [3.8, 4) is 17.2 Å². The number of aliphatic hydroxyl groups excluding tert-OH is 1. The molecule has 48 heavy (non-hydrogen) atoms. The number of allylic oxidation sites excluding steroid dienone is 1. The van der Waals surface area contributed by atoms with Gasteiger partial charge in [-0.15, -0.1) is 0 Å². The Kier molecular flexibility index (Phi) is 12.9. The van der Waals surface area contributed by atoms with Crippen LogP contribution in [0.25, 0.3) is 0 Å². The van der Waals surface area contributed by atoms with Crippen LogP contribution in [0, 0.1) is 0 Å². The Morgan fingerprint density at radius 2 is 1.77 bits per heavy atom. The first kappa shape index (κ1) is 35.9. The van der Waals surface area contributed by atoms with E-state index in [0.29, 0.717) is 46.7 Å². The van der Waals surface area contributed by atoms with Crippen molar-refractivity contribution >= 4 is 35.5 Å². The van der Waals surface area contributed by atoms with E-state index in [1.54, 1.807) is 31.3 Å². The third kappa shape index (κ3) is 9.33. The lowest BCUT2D eigenvalue weighted by Crippen LogP contribution is -2.45. The number of hydrogen-bond acceptors (Lipinski definition) is 10. The van der Waals surface area contributed by atoms with Gasteiger partial charge in [-0.3, -0.25) is 5.43 Å². The van der Waals surface area contributed by atoms with Gasteiger partial charge in [0.25, 0.3) is 0 Å².